The minimum Gasteiger partial charge on any atom is -0.338 e. The van der Waals surface area contributed by atoms with Crippen LogP contribution in [0.3, 0.4) is 0 Å². The SMILES string of the molecule is CC1CCN(C(=O)C(C)CS(=O)(=O)c2ccc(F)cc2)C(CN)C1. The fourth-order valence-corrected chi connectivity index (χ4v) is 4.73. The average molecular weight is 356 g/mol. The molecule has 1 fully saturated rings. The summed E-state index contributed by atoms with van der Waals surface area (Å²) in [5.41, 5.74) is 5.78. The highest BCUT2D eigenvalue weighted by molar-refractivity contribution is 7.91. The molecule has 7 heteroatoms. The van der Waals surface area contributed by atoms with E-state index in [4.69, 9.17) is 5.73 Å². The molecule has 1 amide bonds. The van der Waals surface area contributed by atoms with Gasteiger partial charge < -0.3 is 10.6 Å². The molecule has 1 aromatic carbocycles. The lowest BCUT2D eigenvalue weighted by Gasteiger charge is -2.39. The van der Waals surface area contributed by atoms with Crippen LogP contribution in [-0.2, 0) is 14.6 Å². The van der Waals surface area contributed by atoms with Crippen molar-refractivity contribution in [1.29, 1.82) is 0 Å². The molecular weight excluding hydrogens is 331 g/mol. The number of rotatable bonds is 5. The summed E-state index contributed by atoms with van der Waals surface area (Å²) in [6, 6.07) is 4.64. The number of nitrogens with zero attached hydrogens (tertiary/aromatic N) is 1. The quantitative estimate of drug-likeness (QED) is 0.816. The van der Waals surface area contributed by atoms with E-state index in [2.05, 4.69) is 6.92 Å². The van der Waals surface area contributed by atoms with Crippen molar-refractivity contribution in [2.45, 2.75) is 37.6 Å². The summed E-state index contributed by atoms with van der Waals surface area (Å²) < 4.78 is 37.8. The van der Waals surface area contributed by atoms with Crippen LogP contribution >= 0.6 is 0 Å². The van der Waals surface area contributed by atoms with Gasteiger partial charge in [0.25, 0.3) is 0 Å². The molecule has 1 aliphatic rings. The molecule has 2 N–H and O–H groups in total. The third kappa shape index (κ3) is 4.33. The highest BCUT2D eigenvalue weighted by Gasteiger charge is 2.33. The lowest BCUT2D eigenvalue weighted by atomic mass is 9.91. The molecule has 0 spiro atoms. The average Bonchev–Trinajstić information content (AvgIpc) is 2.54. The Bertz CT molecular complexity index is 676. The van der Waals surface area contributed by atoms with Crippen LogP contribution in [0.2, 0.25) is 0 Å². The van der Waals surface area contributed by atoms with Crippen molar-refractivity contribution in [3.05, 3.63) is 30.1 Å². The van der Waals surface area contributed by atoms with Gasteiger partial charge in [-0.15, -0.1) is 0 Å². The second-order valence-corrected chi connectivity index (χ2v) is 8.72. The van der Waals surface area contributed by atoms with Gasteiger partial charge in [-0.25, -0.2) is 12.8 Å². The van der Waals surface area contributed by atoms with E-state index in [1.54, 1.807) is 11.8 Å². The highest BCUT2D eigenvalue weighted by atomic mass is 32.2. The molecule has 24 heavy (non-hydrogen) atoms. The van der Waals surface area contributed by atoms with Crippen molar-refractivity contribution in [2.24, 2.45) is 17.6 Å². The predicted molar refractivity (Wildman–Crippen MR) is 90.6 cm³/mol. The molecule has 0 aromatic heterocycles. The van der Waals surface area contributed by atoms with Crippen molar-refractivity contribution >= 4 is 15.7 Å². The van der Waals surface area contributed by atoms with E-state index < -0.39 is 21.6 Å². The Morgan fingerprint density at radius 3 is 2.58 bits per heavy atom. The van der Waals surface area contributed by atoms with Gasteiger partial charge in [0.2, 0.25) is 5.91 Å². The van der Waals surface area contributed by atoms with E-state index in [0.717, 1.165) is 25.0 Å². The van der Waals surface area contributed by atoms with E-state index in [0.29, 0.717) is 19.0 Å². The summed E-state index contributed by atoms with van der Waals surface area (Å²) in [7, 11) is -3.64. The topological polar surface area (TPSA) is 80.5 Å². The molecule has 134 valence electrons. The standard InChI is InChI=1S/C17H25FN2O3S/c1-12-7-8-20(15(9-12)10-19)17(21)13(2)11-24(22,23)16-5-3-14(18)4-6-16/h3-6,12-13,15H,7-11,19H2,1-2H3. The van der Waals surface area contributed by atoms with Gasteiger partial charge in [0.05, 0.1) is 10.6 Å². The molecule has 0 radical (unpaired) electrons. The molecule has 1 heterocycles. The Balaban J connectivity index is 2.09. The zero-order chi connectivity index (χ0) is 17.9. The van der Waals surface area contributed by atoms with Crippen LogP contribution < -0.4 is 5.73 Å². The van der Waals surface area contributed by atoms with Gasteiger partial charge in [-0.1, -0.05) is 13.8 Å². The minimum absolute atomic E-state index is 0.0303. The smallest absolute Gasteiger partial charge is 0.226 e. The third-order valence-corrected chi connectivity index (χ3v) is 6.53. The van der Waals surface area contributed by atoms with Crippen molar-refractivity contribution in [3.8, 4) is 0 Å². The van der Waals surface area contributed by atoms with Gasteiger partial charge >= 0.3 is 0 Å². The highest BCUT2D eigenvalue weighted by Crippen LogP contribution is 2.24. The maximum atomic E-state index is 13.0. The number of nitrogens with two attached hydrogens (primary N) is 1. The number of carbonyl (C=O) groups excluding carboxylic acids is 1. The zero-order valence-electron chi connectivity index (χ0n) is 14.1. The van der Waals surface area contributed by atoms with Crippen LogP contribution in [-0.4, -0.2) is 44.1 Å². The number of amides is 1. The molecule has 0 bridgehead atoms. The van der Waals surface area contributed by atoms with Crippen LogP contribution in [0.15, 0.2) is 29.2 Å². The number of benzene rings is 1. The van der Waals surface area contributed by atoms with Gasteiger partial charge in [-0.3, -0.25) is 4.79 Å². The van der Waals surface area contributed by atoms with E-state index in [9.17, 15) is 17.6 Å². The molecular formula is C17H25FN2O3S. The molecule has 0 saturated carbocycles. The summed E-state index contributed by atoms with van der Waals surface area (Å²) in [5, 5.41) is 0. The first kappa shape index (κ1) is 18.9. The van der Waals surface area contributed by atoms with Crippen LogP contribution in [0.5, 0.6) is 0 Å². The Morgan fingerprint density at radius 1 is 1.38 bits per heavy atom. The summed E-state index contributed by atoms with van der Waals surface area (Å²) >= 11 is 0. The number of carbonyl (C=O) groups is 1. The second-order valence-electron chi connectivity index (χ2n) is 6.69. The van der Waals surface area contributed by atoms with Crippen molar-refractivity contribution in [3.63, 3.8) is 0 Å². The van der Waals surface area contributed by atoms with Crippen LogP contribution in [0.1, 0.15) is 26.7 Å². The zero-order valence-corrected chi connectivity index (χ0v) is 14.9. The summed E-state index contributed by atoms with van der Waals surface area (Å²) in [6.45, 7) is 4.75. The predicted octanol–water partition coefficient (Wildman–Crippen LogP) is 1.82. The van der Waals surface area contributed by atoms with E-state index >= 15 is 0 Å². The molecule has 2 rings (SSSR count). The molecule has 1 aromatic rings. The number of sulfone groups is 1. The van der Waals surface area contributed by atoms with Crippen molar-refractivity contribution in [1.82, 2.24) is 4.90 Å². The van der Waals surface area contributed by atoms with Gasteiger partial charge in [0.15, 0.2) is 9.84 Å². The summed E-state index contributed by atoms with van der Waals surface area (Å²) in [6.07, 6.45) is 1.75. The van der Waals surface area contributed by atoms with E-state index in [1.807, 2.05) is 0 Å². The Hall–Kier alpha value is -1.47. The van der Waals surface area contributed by atoms with Gasteiger partial charge in [-0.05, 0) is 43.0 Å². The van der Waals surface area contributed by atoms with Crippen molar-refractivity contribution < 1.29 is 17.6 Å². The fraction of sp³-hybridized carbons (Fsp3) is 0.588. The fourth-order valence-electron chi connectivity index (χ4n) is 3.19. The van der Waals surface area contributed by atoms with Crippen LogP contribution in [0.25, 0.3) is 0 Å². The lowest BCUT2D eigenvalue weighted by molar-refractivity contribution is -0.138. The van der Waals surface area contributed by atoms with Gasteiger partial charge in [-0.2, -0.15) is 0 Å². The monoisotopic (exact) mass is 356 g/mol. The normalized spacial score (nSPS) is 23.1. The maximum absolute atomic E-state index is 13.0. The number of hydrogen-bond donors (Lipinski definition) is 1. The molecule has 3 unspecified atom stereocenters. The largest absolute Gasteiger partial charge is 0.338 e. The Labute approximate surface area is 142 Å². The number of piperidine rings is 1. The lowest BCUT2D eigenvalue weighted by Crippen LogP contribution is -2.51. The Morgan fingerprint density at radius 2 is 2.00 bits per heavy atom. The first-order chi connectivity index (χ1) is 11.2. The maximum Gasteiger partial charge on any atom is 0.226 e. The van der Waals surface area contributed by atoms with Crippen molar-refractivity contribution in [2.75, 3.05) is 18.8 Å². The Kier molecular flexibility index (Phi) is 5.98. The first-order valence-electron chi connectivity index (χ1n) is 8.23. The molecule has 1 aliphatic heterocycles. The van der Waals surface area contributed by atoms with E-state index in [-0.39, 0.29) is 22.6 Å². The molecule has 3 atom stereocenters. The molecule has 0 aliphatic carbocycles. The number of halogens is 1. The second kappa shape index (κ2) is 7.61. The van der Waals surface area contributed by atoms with Crippen LogP contribution in [0, 0.1) is 17.7 Å². The third-order valence-electron chi connectivity index (χ3n) is 4.60. The molecule has 1 saturated heterocycles. The minimum atomic E-state index is -3.64. The van der Waals surface area contributed by atoms with E-state index in [1.165, 1.54) is 12.1 Å². The molecule has 5 nitrogen and oxygen atoms in total. The first-order valence-corrected chi connectivity index (χ1v) is 9.88. The summed E-state index contributed by atoms with van der Waals surface area (Å²) in [4.78, 5) is 14.4. The van der Waals surface area contributed by atoms with Gasteiger partial charge in [0.1, 0.15) is 5.82 Å². The van der Waals surface area contributed by atoms with Crippen LogP contribution in [0.4, 0.5) is 4.39 Å². The summed E-state index contributed by atoms with van der Waals surface area (Å²) in [5.74, 6) is -1.11. The van der Waals surface area contributed by atoms with Gasteiger partial charge in [0, 0.05) is 25.0 Å². The number of likely N-dealkylation sites (tertiary alicyclic amines) is 1. The number of hydrogen-bond acceptors (Lipinski definition) is 4.